The van der Waals surface area contributed by atoms with Gasteiger partial charge in [-0.05, 0) is 32.1 Å². The molecule has 2 N–H and O–H groups in total. The van der Waals surface area contributed by atoms with Crippen molar-refractivity contribution in [2.75, 3.05) is 13.6 Å². The summed E-state index contributed by atoms with van der Waals surface area (Å²) in [7, 11) is 1.96. The second-order valence-electron chi connectivity index (χ2n) is 3.96. The van der Waals surface area contributed by atoms with Crippen molar-refractivity contribution in [3.05, 3.63) is 41.3 Å². The second-order valence-corrected chi connectivity index (χ2v) is 4.40. The van der Waals surface area contributed by atoms with E-state index in [1.54, 1.807) is 0 Å². The maximum atomic E-state index is 5.96. The zero-order valence-electron chi connectivity index (χ0n) is 9.83. The Hall–Kier alpha value is -1.32. The van der Waals surface area contributed by atoms with Gasteiger partial charge in [-0.2, -0.15) is 0 Å². The van der Waals surface area contributed by atoms with Crippen LogP contribution < -0.4 is 5.32 Å². The molecule has 2 aromatic rings. The Labute approximate surface area is 106 Å². The minimum Gasteiger partial charge on any atom is -0.342 e. The minimum absolute atomic E-state index is 0.744. The van der Waals surface area contributed by atoms with Gasteiger partial charge < -0.3 is 10.3 Å². The number of aromatic amines is 1. The summed E-state index contributed by atoms with van der Waals surface area (Å²) in [5, 5.41) is 3.87. The van der Waals surface area contributed by atoms with Crippen molar-refractivity contribution >= 4 is 11.6 Å². The number of aromatic nitrogens is 2. The topological polar surface area (TPSA) is 40.7 Å². The van der Waals surface area contributed by atoms with Gasteiger partial charge in [0.25, 0.3) is 0 Å². The number of H-pyrrole nitrogens is 1. The Morgan fingerprint density at radius 2 is 2.29 bits per heavy atom. The third-order valence-electron chi connectivity index (χ3n) is 2.60. The van der Waals surface area contributed by atoms with Crippen LogP contribution in [0.5, 0.6) is 0 Å². The third kappa shape index (κ3) is 3.32. The summed E-state index contributed by atoms with van der Waals surface area (Å²) in [6.07, 6.45) is 3.90. The van der Waals surface area contributed by atoms with E-state index in [2.05, 4.69) is 15.3 Å². The molecule has 4 heteroatoms. The summed E-state index contributed by atoms with van der Waals surface area (Å²) in [4.78, 5) is 7.69. The van der Waals surface area contributed by atoms with E-state index in [1.807, 2.05) is 37.5 Å². The number of nitrogens with one attached hydrogen (secondary N) is 2. The Balaban J connectivity index is 2.07. The number of hydrogen-bond donors (Lipinski definition) is 2. The van der Waals surface area contributed by atoms with Crippen LogP contribution >= 0.6 is 11.6 Å². The van der Waals surface area contributed by atoms with Gasteiger partial charge in [0.1, 0.15) is 5.82 Å². The van der Waals surface area contributed by atoms with Crippen LogP contribution in [0.3, 0.4) is 0 Å². The van der Waals surface area contributed by atoms with Crippen LogP contribution in [0, 0.1) is 0 Å². The molecular formula is C13H16ClN3. The molecule has 1 heterocycles. The lowest BCUT2D eigenvalue weighted by Crippen LogP contribution is -2.08. The monoisotopic (exact) mass is 249 g/mol. The van der Waals surface area contributed by atoms with E-state index in [9.17, 15) is 0 Å². The molecule has 2 rings (SSSR count). The number of imidazole rings is 1. The predicted octanol–water partition coefficient (Wildman–Crippen LogP) is 2.88. The van der Waals surface area contributed by atoms with Crippen LogP contribution in [0.4, 0.5) is 0 Å². The fraction of sp³-hybridized carbons (Fsp3) is 0.308. The highest BCUT2D eigenvalue weighted by Gasteiger charge is 2.03. The normalized spacial score (nSPS) is 10.7. The molecule has 90 valence electrons. The summed E-state index contributed by atoms with van der Waals surface area (Å²) in [6, 6.07) is 7.78. The van der Waals surface area contributed by atoms with Crippen LogP contribution in [0.1, 0.15) is 12.2 Å². The summed E-state index contributed by atoms with van der Waals surface area (Å²) in [5.74, 6) is 1.02. The number of aryl methyl sites for hydroxylation is 1. The average Bonchev–Trinajstić information content (AvgIpc) is 2.78. The van der Waals surface area contributed by atoms with Gasteiger partial charge in [-0.3, -0.25) is 0 Å². The number of nitrogens with zero attached hydrogens (tertiary/aromatic N) is 1. The molecule has 3 nitrogen and oxygen atoms in total. The van der Waals surface area contributed by atoms with Crippen molar-refractivity contribution < 1.29 is 0 Å². The van der Waals surface area contributed by atoms with Crippen LogP contribution in [-0.4, -0.2) is 23.6 Å². The van der Waals surface area contributed by atoms with Crippen molar-refractivity contribution in [2.45, 2.75) is 12.8 Å². The van der Waals surface area contributed by atoms with Gasteiger partial charge in [-0.15, -0.1) is 0 Å². The molecule has 0 atom stereocenters. The number of halogens is 1. The predicted molar refractivity (Wildman–Crippen MR) is 71.3 cm³/mol. The molecule has 0 fully saturated rings. The Kier molecular flexibility index (Phi) is 4.18. The first-order chi connectivity index (χ1) is 8.29. The van der Waals surface area contributed by atoms with Gasteiger partial charge in [0, 0.05) is 17.0 Å². The zero-order chi connectivity index (χ0) is 12.1. The van der Waals surface area contributed by atoms with Crippen molar-refractivity contribution in [3.63, 3.8) is 0 Å². The van der Waals surface area contributed by atoms with Crippen LogP contribution in [0.15, 0.2) is 30.5 Å². The lowest BCUT2D eigenvalue weighted by atomic mass is 10.2. The highest BCUT2D eigenvalue weighted by atomic mass is 35.5. The van der Waals surface area contributed by atoms with Gasteiger partial charge in [0.15, 0.2) is 0 Å². The molecule has 0 saturated carbocycles. The number of rotatable bonds is 5. The van der Waals surface area contributed by atoms with Gasteiger partial charge in [-0.25, -0.2) is 4.98 Å². The quantitative estimate of drug-likeness (QED) is 0.800. The van der Waals surface area contributed by atoms with Crippen LogP contribution in [0.2, 0.25) is 5.02 Å². The third-order valence-corrected chi connectivity index (χ3v) is 2.84. The molecule has 0 bridgehead atoms. The Bertz CT molecular complexity index is 479. The first kappa shape index (κ1) is 12.1. The van der Waals surface area contributed by atoms with E-state index < -0.39 is 0 Å². The molecule has 0 unspecified atom stereocenters. The molecule has 1 aromatic heterocycles. The van der Waals surface area contributed by atoms with E-state index in [1.165, 1.54) is 0 Å². The van der Waals surface area contributed by atoms with E-state index in [0.717, 1.165) is 41.5 Å². The summed E-state index contributed by atoms with van der Waals surface area (Å²) in [6.45, 7) is 1.01. The molecule has 1 aromatic carbocycles. The molecule has 17 heavy (non-hydrogen) atoms. The van der Waals surface area contributed by atoms with Crippen LogP contribution in [0.25, 0.3) is 11.3 Å². The van der Waals surface area contributed by atoms with Crippen molar-refractivity contribution in [1.29, 1.82) is 0 Å². The first-order valence-electron chi connectivity index (χ1n) is 5.74. The van der Waals surface area contributed by atoms with Gasteiger partial charge in [-0.1, -0.05) is 23.7 Å². The molecule has 0 saturated heterocycles. The molecule has 0 amide bonds. The molecule has 0 aliphatic carbocycles. The second kappa shape index (κ2) is 5.84. The first-order valence-corrected chi connectivity index (χ1v) is 6.12. The molecule has 0 spiro atoms. The smallest absolute Gasteiger partial charge is 0.106 e. The maximum Gasteiger partial charge on any atom is 0.106 e. The van der Waals surface area contributed by atoms with E-state index in [-0.39, 0.29) is 0 Å². The van der Waals surface area contributed by atoms with Gasteiger partial charge in [0.2, 0.25) is 0 Å². The van der Waals surface area contributed by atoms with Crippen molar-refractivity contribution in [2.24, 2.45) is 0 Å². The molecule has 0 aliphatic heterocycles. The van der Waals surface area contributed by atoms with E-state index in [4.69, 9.17) is 11.6 Å². The van der Waals surface area contributed by atoms with Crippen LogP contribution in [-0.2, 0) is 6.42 Å². The maximum absolute atomic E-state index is 5.96. The minimum atomic E-state index is 0.744. The summed E-state index contributed by atoms with van der Waals surface area (Å²) in [5.41, 5.74) is 2.09. The molecule has 0 radical (unpaired) electrons. The van der Waals surface area contributed by atoms with Gasteiger partial charge >= 0.3 is 0 Å². The van der Waals surface area contributed by atoms with E-state index in [0.29, 0.717) is 0 Å². The average molecular weight is 250 g/mol. The molecule has 0 aliphatic rings. The highest BCUT2D eigenvalue weighted by Crippen LogP contribution is 2.20. The fourth-order valence-corrected chi connectivity index (χ4v) is 1.92. The lowest BCUT2D eigenvalue weighted by Gasteiger charge is -1.98. The summed E-state index contributed by atoms with van der Waals surface area (Å²) < 4.78 is 0. The highest BCUT2D eigenvalue weighted by molar-refractivity contribution is 6.30. The summed E-state index contributed by atoms with van der Waals surface area (Å²) >= 11 is 5.96. The lowest BCUT2D eigenvalue weighted by molar-refractivity contribution is 0.707. The molecular weight excluding hydrogens is 234 g/mol. The SMILES string of the molecule is CNCCCc1ncc(-c2cccc(Cl)c2)[nH]1. The Morgan fingerprint density at radius 1 is 1.41 bits per heavy atom. The number of benzene rings is 1. The zero-order valence-corrected chi connectivity index (χ0v) is 10.6. The standard InChI is InChI=1S/C13H16ClN3/c1-15-7-3-6-13-16-9-12(17-13)10-4-2-5-11(14)8-10/h2,4-5,8-9,15H,3,6-7H2,1H3,(H,16,17). The number of hydrogen-bond acceptors (Lipinski definition) is 2. The van der Waals surface area contributed by atoms with Crippen molar-refractivity contribution in [1.82, 2.24) is 15.3 Å². The largest absolute Gasteiger partial charge is 0.342 e. The fourth-order valence-electron chi connectivity index (χ4n) is 1.72. The van der Waals surface area contributed by atoms with Crippen molar-refractivity contribution in [3.8, 4) is 11.3 Å². The van der Waals surface area contributed by atoms with E-state index >= 15 is 0 Å². The Morgan fingerprint density at radius 3 is 3.06 bits per heavy atom. The van der Waals surface area contributed by atoms with Gasteiger partial charge in [0.05, 0.1) is 11.9 Å².